The fraction of sp³-hybridized carbons (Fsp3) is 0.600. The zero-order valence-corrected chi connectivity index (χ0v) is 15.8. The Kier molecular flexibility index (Phi) is 5.39. The molecule has 0 saturated heterocycles. The summed E-state index contributed by atoms with van der Waals surface area (Å²) in [4.78, 5) is 24.4. The van der Waals surface area contributed by atoms with Gasteiger partial charge in [0, 0.05) is 22.3 Å². The average molecular weight is 362 g/mol. The first-order chi connectivity index (χ1) is 12.5. The molecule has 0 radical (unpaired) electrons. The Morgan fingerprint density at radius 2 is 1.04 bits per heavy atom. The summed E-state index contributed by atoms with van der Waals surface area (Å²) in [6.07, 6.45) is 2.30. The van der Waals surface area contributed by atoms with Gasteiger partial charge in [0.15, 0.2) is 0 Å². The fourth-order valence-electron chi connectivity index (χ4n) is 4.25. The van der Waals surface area contributed by atoms with E-state index in [0.29, 0.717) is 38.9 Å². The van der Waals surface area contributed by atoms with Crippen molar-refractivity contribution in [3.63, 3.8) is 0 Å². The van der Waals surface area contributed by atoms with Crippen LogP contribution in [0.4, 0.5) is 0 Å². The fourth-order valence-corrected chi connectivity index (χ4v) is 4.25. The number of methoxy groups -OCH3 is 2. The lowest BCUT2D eigenvalue weighted by Crippen LogP contribution is -2.18. The highest BCUT2D eigenvalue weighted by atomic mass is 16.5. The first-order valence-electron chi connectivity index (χ1n) is 9.16. The minimum Gasteiger partial charge on any atom is -0.496 e. The van der Waals surface area contributed by atoms with Gasteiger partial charge in [-0.2, -0.15) is 0 Å². The molecule has 0 atom stereocenters. The molecule has 26 heavy (non-hydrogen) atoms. The molecule has 0 amide bonds. The van der Waals surface area contributed by atoms with Gasteiger partial charge >= 0.3 is 11.9 Å². The molecule has 0 bridgehead atoms. The van der Waals surface area contributed by atoms with Crippen LogP contribution in [-0.4, -0.2) is 39.4 Å². The molecule has 3 rings (SSSR count). The first kappa shape index (κ1) is 18.5. The maximum Gasteiger partial charge on any atom is 0.309 e. The van der Waals surface area contributed by atoms with Gasteiger partial charge in [0.1, 0.15) is 11.5 Å². The van der Waals surface area contributed by atoms with Crippen molar-refractivity contribution in [3.8, 4) is 11.5 Å². The molecule has 0 heterocycles. The maximum absolute atomic E-state index is 12.2. The van der Waals surface area contributed by atoms with Crippen LogP contribution in [0.2, 0.25) is 0 Å². The van der Waals surface area contributed by atoms with E-state index >= 15 is 0 Å². The third-order valence-corrected chi connectivity index (χ3v) is 5.28. The van der Waals surface area contributed by atoms with Crippen molar-refractivity contribution in [2.24, 2.45) is 11.8 Å². The van der Waals surface area contributed by atoms with E-state index in [4.69, 9.17) is 18.9 Å². The van der Waals surface area contributed by atoms with Crippen molar-refractivity contribution in [2.45, 2.75) is 39.5 Å². The number of carbonyl (C=O) groups is 2. The van der Waals surface area contributed by atoms with E-state index in [0.717, 1.165) is 33.8 Å². The Bertz CT molecular complexity index is 625. The monoisotopic (exact) mass is 362 g/mol. The molecule has 0 aliphatic heterocycles. The first-order valence-corrected chi connectivity index (χ1v) is 9.16. The van der Waals surface area contributed by atoms with E-state index in [-0.39, 0.29) is 23.8 Å². The zero-order valence-electron chi connectivity index (χ0n) is 15.8. The van der Waals surface area contributed by atoms with E-state index in [1.165, 1.54) is 0 Å². The molecule has 142 valence electrons. The van der Waals surface area contributed by atoms with Gasteiger partial charge < -0.3 is 18.9 Å². The molecule has 6 nitrogen and oxygen atoms in total. The smallest absolute Gasteiger partial charge is 0.309 e. The van der Waals surface area contributed by atoms with E-state index < -0.39 is 0 Å². The van der Waals surface area contributed by atoms with Crippen LogP contribution in [0.3, 0.4) is 0 Å². The highest BCUT2D eigenvalue weighted by molar-refractivity contribution is 5.79. The van der Waals surface area contributed by atoms with Gasteiger partial charge in [0.25, 0.3) is 0 Å². The normalized spacial score (nSPS) is 16.2. The van der Waals surface area contributed by atoms with Crippen LogP contribution in [0.1, 0.15) is 36.1 Å². The van der Waals surface area contributed by atoms with Crippen molar-refractivity contribution >= 4 is 11.9 Å². The summed E-state index contributed by atoms with van der Waals surface area (Å²) in [5.41, 5.74) is 4.02. The van der Waals surface area contributed by atoms with Crippen molar-refractivity contribution in [1.29, 1.82) is 0 Å². The molecule has 0 spiro atoms. The standard InChI is InChI=1S/C20H26O6/c1-5-25-19(21)11-7-13-14(8-11)18(24-4)16-10-12(20(22)26-6-2)9-15(16)17(13)23-3/h11-12H,5-10H2,1-4H3. The quantitative estimate of drug-likeness (QED) is 0.723. The van der Waals surface area contributed by atoms with E-state index in [1.54, 1.807) is 14.2 Å². The maximum atomic E-state index is 12.2. The lowest BCUT2D eigenvalue weighted by Gasteiger charge is -2.17. The van der Waals surface area contributed by atoms with Gasteiger partial charge in [0.05, 0.1) is 39.3 Å². The van der Waals surface area contributed by atoms with Gasteiger partial charge in [-0.1, -0.05) is 0 Å². The molecule has 6 heteroatoms. The Morgan fingerprint density at radius 1 is 0.731 bits per heavy atom. The van der Waals surface area contributed by atoms with Crippen LogP contribution in [0.25, 0.3) is 0 Å². The summed E-state index contributed by atoms with van der Waals surface area (Å²) in [6, 6.07) is 0. The predicted molar refractivity (Wildman–Crippen MR) is 94.6 cm³/mol. The Morgan fingerprint density at radius 3 is 1.27 bits per heavy atom. The minimum absolute atomic E-state index is 0.183. The van der Waals surface area contributed by atoms with Crippen molar-refractivity contribution in [3.05, 3.63) is 22.3 Å². The third kappa shape index (κ3) is 3.02. The molecular weight excluding hydrogens is 336 g/mol. The van der Waals surface area contributed by atoms with Gasteiger partial charge in [0.2, 0.25) is 0 Å². The van der Waals surface area contributed by atoms with Crippen molar-refractivity contribution in [2.75, 3.05) is 27.4 Å². The van der Waals surface area contributed by atoms with E-state index in [9.17, 15) is 9.59 Å². The number of hydrogen-bond acceptors (Lipinski definition) is 6. The summed E-state index contributed by atoms with van der Waals surface area (Å²) < 4.78 is 21.8. The second-order valence-corrected chi connectivity index (χ2v) is 6.70. The van der Waals surface area contributed by atoms with Gasteiger partial charge in [-0.3, -0.25) is 9.59 Å². The van der Waals surface area contributed by atoms with Gasteiger partial charge in [-0.05, 0) is 39.5 Å². The summed E-state index contributed by atoms with van der Waals surface area (Å²) in [5, 5.41) is 0. The molecule has 0 saturated carbocycles. The highest BCUT2D eigenvalue weighted by Gasteiger charge is 2.40. The number of esters is 2. The molecule has 2 aliphatic rings. The molecule has 1 aromatic carbocycles. The SMILES string of the molecule is CCOC(=O)C1Cc2c(c(OC)c3c(c2OC)CC(C(=O)OCC)C3)C1. The van der Waals surface area contributed by atoms with Gasteiger partial charge in [-0.25, -0.2) is 0 Å². The number of fused-ring (bicyclic) bond motifs is 2. The van der Waals surface area contributed by atoms with E-state index in [2.05, 4.69) is 0 Å². The summed E-state index contributed by atoms with van der Waals surface area (Å²) in [7, 11) is 3.27. The molecule has 0 unspecified atom stereocenters. The van der Waals surface area contributed by atoms with Crippen LogP contribution >= 0.6 is 0 Å². The Balaban J connectivity index is 1.98. The average Bonchev–Trinajstić information content (AvgIpc) is 3.24. The topological polar surface area (TPSA) is 71.1 Å². The Labute approximate surface area is 153 Å². The largest absolute Gasteiger partial charge is 0.496 e. The molecule has 1 aromatic rings. The number of rotatable bonds is 6. The molecule has 0 N–H and O–H groups in total. The van der Waals surface area contributed by atoms with Crippen molar-refractivity contribution in [1.82, 2.24) is 0 Å². The second kappa shape index (κ2) is 7.56. The highest BCUT2D eigenvalue weighted by Crippen LogP contribution is 2.49. The predicted octanol–water partition coefficient (Wildman–Crippen LogP) is 2.26. The lowest BCUT2D eigenvalue weighted by atomic mass is 9.98. The van der Waals surface area contributed by atoms with Crippen LogP contribution in [-0.2, 0) is 44.7 Å². The van der Waals surface area contributed by atoms with Crippen LogP contribution < -0.4 is 9.47 Å². The van der Waals surface area contributed by atoms with Crippen molar-refractivity contribution < 1.29 is 28.5 Å². The summed E-state index contributed by atoms with van der Waals surface area (Å²) in [6.45, 7) is 4.37. The van der Waals surface area contributed by atoms with Crippen LogP contribution in [0.5, 0.6) is 11.5 Å². The van der Waals surface area contributed by atoms with Gasteiger partial charge in [-0.15, -0.1) is 0 Å². The molecule has 0 fully saturated rings. The number of ether oxygens (including phenoxy) is 4. The van der Waals surface area contributed by atoms with E-state index in [1.807, 2.05) is 13.8 Å². The number of benzene rings is 1. The number of carbonyl (C=O) groups excluding carboxylic acids is 2. The number of hydrogen-bond donors (Lipinski definition) is 0. The zero-order chi connectivity index (χ0) is 18.8. The molecular formula is C20H26O6. The molecule has 0 aromatic heterocycles. The second-order valence-electron chi connectivity index (χ2n) is 6.70. The van der Waals surface area contributed by atoms with Crippen LogP contribution in [0, 0.1) is 11.8 Å². The third-order valence-electron chi connectivity index (χ3n) is 5.28. The Hall–Kier alpha value is -2.24. The summed E-state index contributed by atoms with van der Waals surface area (Å²) >= 11 is 0. The molecule has 2 aliphatic carbocycles. The minimum atomic E-state index is -0.212. The van der Waals surface area contributed by atoms with Crippen LogP contribution in [0.15, 0.2) is 0 Å². The lowest BCUT2D eigenvalue weighted by molar-refractivity contribution is -0.148. The summed E-state index contributed by atoms with van der Waals surface area (Å²) in [5.74, 6) is 0.783.